The van der Waals surface area contributed by atoms with E-state index in [0.717, 1.165) is 5.69 Å². The number of hydrogen-bond donors (Lipinski definition) is 0. The summed E-state index contributed by atoms with van der Waals surface area (Å²) < 4.78 is 4.60. The first kappa shape index (κ1) is 14.3. The third-order valence-electron chi connectivity index (χ3n) is 2.61. The number of carbonyl (C=O) groups is 1. The third-order valence-corrected chi connectivity index (χ3v) is 2.85. The van der Waals surface area contributed by atoms with E-state index in [1.165, 1.54) is 7.11 Å². The van der Waals surface area contributed by atoms with Crippen molar-refractivity contribution in [3.8, 4) is 6.07 Å². The Hall–Kier alpha value is -1.73. The summed E-state index contributed by atoms with van der Waals surface area (Å²) in [6, 6.07) is 7.26. The van der Waals surface area contributed by atoms with E-state index in [9.17, 15) is 4.79 Å². The van der Waals surface area contributed by atoms with Crippen LogP contribution in [0, 0.1) is 11.3 Å². The second-order valence-corrected chi connectivity index (χ2v) is 4.12. The summed E-state index contributed by atoms with van der Waals surface area (Å²) in [6.45, 7) is 3.18. The van der Waals surface area contributed by atoms with E-state index < -0.39 is 0 Å². The Balaban J connectivity index is 2.88. The zero-order valence-electron chi connectivity index (χ0n) is 10.4. The first-order valence-electron chi connectivity index (χ1n) is 5.63. The maximum Gasteiger partial charge on any atom is 0.307 e. The second-order valence-electron chi connectivity index (χ2n) is 3.68. The van der Waals surface area contributed by atoms with Crippen molar-refractivity contribution in [1.29, 1.82) is 5.26 Å². The molecule has 1 aromatic rings. The highest BCUT2D eigenvalue weighted by molar-refractivity contribution is 6.30. The summed E-state index contributed by atoms with van der Waals surface area (Å²) in [5.74, 6) is -0.263. The van der Waals surface area contributed by atoms with Gasteiger partial charge in [0.15, 0.2) is 0 Å². The van der Waals surface area contributed by atoms with Gasteiger partial charge in [0, 0.05) is 18.1 Å². The number of rotatable bonds is 5. The van der Waals surface area contributed by atoms with E-state index in [1.807, 2.05) is 11.8 Å². The molecule has 0 aliphatic rings. The first-order valence-corrected chi connectivity index (χ1v) is 6.01. The van der Waals surface area contributed by atoms with Gasteiger partial charge in [-0.3, -0.25) is 4.79 Å². The predicted octanol–water partition coefficient (Wildman–Crippen LogP) is 2.60. The molecule has 0 atom stereocenters. The molecule has 1 aromatic carbocycles. The molecule has 0 saturated carbocycles. The highest BCUT2D eigenvalue weighted by Crippen LogP contribution is 2.23. The average molecular weight is 267 g/mol. The van der Waals surface area contributed by atoms with Crippen LogP contribution < -0.4 is 4.90 Å². The minimum atomic E-state index is -0.263. The van der Waals surface area contributed by atoms with Crippen LogP contribution in [-0.4, -0.2) is 26.2 Å². The van der Waals surface area contributed by atoms with Crippen LogP contribution in [0.5, 0.6) is 0 Å². The van der Waals surface area contributed by atoms with Crippen molar-refractivity contribution in [2.75, 3.05) is 25.1 Å². The van der Waals surface area contributed by atoms with Crippen LogP contribution in [0.4, 0.5) is 5.69 Å². The summed E-state index contributed by atoms with van der Waals surface area (Å²) in [7, 11) is 1.36. The molecule has 96 valence electrons. The molecule has 0 amide bonds. The van der Waals surface area contributed by atoms with Crippen LogP contribution >= 0.6 is 11.6 Å². The van der Waals surface area contributed by atoms with Crippen LogP contribution in [0.25, 0.3) is 0 Å². The number of halogens is 1. The molecule has 0 unspecified atom stereocenters. The highest BCUT2D eigenvalue weighted by Gasteiger charge is 2.12. The standard InChI is InChI=1S/C13H15ClN2O2/c1-3-16(7-6-13(17)18-2)12-5-4-11(14)8-10(12)9-15/h4-5,8H,3,6-7H2,1-2H3. The monoisotopic (exact) mass is 266 g/mol. The molecule has 0 saturated heterocycles. The topological polar surface area (TPSA) is 53.3 Å². The molecule has 1 rings (SSSR count). The number of anilines is 1. The van der Waals surface area contributed by atoms with Crippen molar-refractivity contribution in [2.45, 2.75) is 13.3 Å². The lowest BCUT2D eigenvalue weighted by Crippen LogP contribution is -2.26. The molecule has 0 radical (unpaired) electrons. The van der Waals surface area contributed by atoms with Gasteiger partial charge in [0.25, 0.3) is 0 Å². The minimum Gasteiger partial charge on any atom is -0.469 e. The lowest BCUT2D eigenvalue weighted by molar-refractivity contribution is -0.140. The van der Waals surface area contributed by atoms with E-state index in [0.29, 0.717) is 23.7 Å². The molecule has 4 nitrogen and oxygen atoms in total. The Labute approximate surface area is 112 Å². The fourth-order valence-electron chi connectivity index (χ4n) is 1.65. The van der Waals surface area contributed by atoms with Crippen molar-refractivity contribution in [3.05, 3.63) is 28.8 Å². The number of methoxy groups -OCH3 is 1. The summed E-state index contributed by atoms with van der Waals surface area (Å²) in [6.07, 6.45) is 0.290. The molecule has 0 aliphatic heterocycles. The maximum atomic E-state index is 11.1. The Morgan fingerprint density at radius 2 is 2.28 bits per heavy atom. The second kappa shape index (κ2) is 6.87. The van der Waals surface area contributed by atoms with Gasteiger partial charge in [-0.25, -0.2) is 0 Å². The van der Waals surface area contributed by atoms with Crippen molar-refractivity contribution in [1.82, 2.24) is 0 Å². The molecule has 0 spiro atoms. The minimum absolute atomic E-state index is 0.263. The summed E-state index contributed by atoms with van der Waals surface area (Å²) in [5.41, 5.74) is 1.29. The molecular weight excluding hydrogens is 252 g/mol. The fourth-order valence-corrected chi connectivity index (χ4v) is 1.82. The van der Waals surface area contributed by atoms with E-state index >= 15 is 0 Å². The number of carbonyl (C=O) groups excluding carboxylic acids is 1. The van der Waals surface area contributed by atoms with Crippen molar-refractivity contribution < 1.29 is 9.53 Å². The highest BCUT2D eigenvalue weighted by atomic mass is 35.5. The molecule has 0 heterocycles. The Morgan fingerprint density at radius 3 is 2.83 bits per heavy atom. The number of hydrogen-bond acceptors (Lipinski definition) is 4. The molecule has 0 bridgehead atoms. The first-order chi connectivity index (χ1) is 8.62. The summed E-state index contributed by atoms with van der Waals surface area (Å²) in [4.78, 5) is 13.1. The van der Waals surface area contributed by atoms with Gasteiger partial charge in [0.2, 0.25) is 0 Å². The summed E-state index contributed by atoms with van der Waals surface area (Å²) in [5, 5.41) is 9.61. The molecule has 5 heteroatoms. The van der Waals surface area contributed by atoms with Gasteiger partial charge < -0.3 is 9.64 Å². The van der Waals surface area contributed by atoms with Gasteiger partial charge in [-0.2, -0.15) is 5.26 Å². The third kappa shape index (κ3) is 3.64. The smallest absolute Gasteiger partial charge is 0.307 e. The van der Waals surface area contributed by atoms with Gasteiger partial charge in [-0.1, -0.05) is 11.6 Å². The lowest BCUT2D eigenvalue weighted by Gasteiger charge is -2.23. The maximum absolute atomic E-state index is 11.1. The van der Waals surface area contributed by atoms with E-state index in [-0.39, 0.29) is 12.4 Å². The van der Waals surface area contributed by atoms with Crippen LogP contribution in [0.1, 0.15) is 18.9 Å². The van der Waals surface area contributed by atoms with Gasteiger partial charge >= 0.3 is 5.97 Å². The van der Waals surface area contributed by atoms with Gasteiger partial charge in [0.05, 0.1) is 24.8 Å². The zero-order chi connectivity index (χ0) is 13.5. The number of nitrogens with zero attached hydrogens (tertiary/aromatic N) is 2. The lowest BCUT2D eigenvalue weighted by atomic mass is 10.1. The Bertz CT molecular complexity index is 469. The number of benzene rings is 1. The molecule has 18 heavy (non-hydrogen) atoms. The zero-order valence-corrected chi connectivity index (χ0v) is 11.2. The Morgan fingerprint density at radius 1 is 1.56 bits per heavy atom. The van der Waals surface area contributed by atoms with E-state index in [2.05, 4.69) is 10.8 Å². The molecular formula is C13H15ClN2O2. The van der Waals surface area contributed by atoms with Gasteiger partial charge in [-0.05, 0) is 25.1 Å². The van der Waals surface area contributed by atoms with Crippen LogP contribution in [0.2, 0.25) is 5.02 Å². The molecule has 0 aliphatic carbocycles. The van der Waals surface area contributed by atoms with Gasteiger partial charge in [-0.15, -0.1) is 0 Å². The quantitative estimate of drug-likeness (QED) is 0.769. The normalized spacial score (nSPS) is 9.67. The molecule has 0 aromatic heterocycles. The van der Waals surface area contributed by atoms with Crippen LogP contribution in [-0.2, 0) is 9.53 Å². The van der Waals surface area contributed by atoms with Crippen molar-refractivity contribution in [3.63, 3.8) is 0 Å². The molecule has 0 fully saturated rings. The number of esters is 1. The predicted molar refractivity (Wildman–Crippen MR) is 70.7 cm³/mol. The largest absolute Gasteiger partial charge is 0.469 e. The number of nitriles is 1. The summed E-state index contributed by atoms with van der Waals surface area (Å²) >= 11 is 5.85. The van der Waals surface area contributed by atoms with Crippen LogP contribution in [0.15, 0.2) is 18.2 Å². The van der Waals surface area contributed by atoms with Crippen molar-refractivity contribution >= 4 is 23.3 Å². The van der Waals surface area contributed by atoms with Gasteiger partial charge in [0.1, 0.15) is 6.07 Å². The van der Waals surface area contributed by atoms with Crippen molar-refractivity contribution in [2.24, 2.45) is 0 Å². The SMILES string of the molecule is CCN(CCC(=O)OC)c1ccc(Cl)cc1C#N. The van der Waals surface area contributed by atoms with E-state index in [1.54, 1.807) is 18.2 Å². The number of ether oxygens (including phenoxy) is 1. The van der Waals surface area contributed by atoms with E-state index in [4.69, 9.17) is 16.9 Å². The van der Waals surface area contributed by atoms with Crippen LogP contribution in [0.3, 0.4) is 0 Å². The Kier molecular flexibility index (Phi) is 5.47. The molecule has 0 N–H and O–H groups in total. The average Bonchev–Trinajstić information content (AvgIpc) is 2.40. The fraction of sp³-hybridized carbons (Fsp3) is 0.385.